The van der Waals surface area contributed by atoms with E-state index < -0.39 is 11.9 Å². The number of hydrogen-bond donors (Lipinski definition) is 0. The largest absolute Gasteiger partial charge is 0.466 e. The minimum atomic E-state index is -0.494. The second-order valence-corrected chi connectivity index (χ2v) is 7.59. The lowest BCUT2D eigenvalue weighted by Crippen LogP contribution is -2.12. The smallest absolute Gasteiger partial charge is 0.341 e. The fourth-order valence-corrected chi connectivity index (χ4v) is 3.53. The first-order valence-electron chi connectivity index (χ1n) is 11.3. The topological polar surface area (TPSA) is 89.5 Å². The van der Waals surface area contributed by atoms with E-state index in [4.69, 9.17) is 28.4 Å². The second kappa shape index (κ2) is 10.8. The van der Waals surface area contributed by atoms with Gasteiger partial charge in [-0.1, -0.05) is 24.3 Å². The maximum absolute atomic E-state index is 12.4. The maximum atomic E-state index is 12.4. The summed E-state index contributed by atoms with van der Waals surface area (Å²) in [6.07, 6.45) is 0. The van der Waals surface area contributed by atoms with E-state index in [0.29, 0.717) is 35.4 Å². The average Bonchev–Trinajstić information content (AvgIpc) is 3.35. The zero-order valence-corrected chi connectivity index (χ0v) is 19.7. The molecule has 1 atom stereocenters. The van der Waals surface area contributed by atoms with Crippen LogP contribution in [0.1, 0.15) is 42.6 Å². The number of rotatable bonds is 9. The van der Waals surface area contributed by atoms with Gasteiger partial charge in [0.1, 0.15) is 17.1 Å². The number of esters is 2. The fourth-order valence-electron chi connectivity index (χ4n) is 3.53. The minimum absolute atomic E-state index is 0.0362. The molecule has 35 heavy (non-hydrogen) atoms. The number of carbonyl (C=O) groups is 2. The highest BCUT2D eigenvalue weighted by molar-refractivity contribution is 5.92. The van der Waals surface area contributed by atoms with Crippen molar-refractivity contribution in [3.05, 3.63) is 71.8 Å². The summed E-state index contributed by atoms with van der Waals surface area (Å²) < 4.78 is 33.8. The lowest BCUT2D eigenvalue weighted by Gasteiger charge is -2.17. The third-order valence-electron chi connectivity index (χ3n) is 5.28. The Labute approximate surface area is 203 Å². The Morgan fingerprint density at radius 2 is 1.69 bits per heavy atom. The van der Waals surface area contributed by atoms with Crippen LogP contribution < -0.4 is 18.9 Å². The molecule has 0 saturated heterocycles. The predicted molar refractivity (Wildman–Crippen MR) is 127 cm³/mol. The molecule has 1 unspecified atom stereocenters. The molecule has 0 N–H and O–H groups in total. The molecule has 3 aromatic rings. The normalized spacial score (nSPS) is 12.5. The fraction of sp³-hybridized carbons (Fsp3) is 0.259. The van der Waals surface area contributed by atoms with Gasteiger partial charge in [-0.15, -0.1) is 0 Å². The lowest BCUT2D eigenvalue weighted by molar-refractivity contribution is -0.144. The van der Waals surface area contributed by atoms with Crippen molar-refractivity contribution in [1.29, 1.82) is 0 Å². The standard InChI is InChI=1S/C27H26O8/c1-4-30-26(28)17(3)18-9-8-10-19(15-18)34-25-23(14-13-22-24(25)33-16-32-22)35-21-12-7-6-11-20(21)27(29)31-5-2/h6-15,17H,4-5,16H2,1-3H3. The molecule has 0 saturated carbocycles. The Morgan fingerprint density at radius 3 is 2.49 bits per heavy atom. The summed E-state index contributed by atoms with van der Waals surface area (Å²) in [5, 5.41) is 0. The second-order valence-electron chi connectivity index (χ2n) is 7.59. The van der Waals surface area contributed by atoms with Crippen molar-refractivity contribution in [3.8, 4) is 34.5 Å². The minimum Gasteiger partial charge on any atom is -0.466 e. The van der Waals surface area contributed by atoms with Crippen molar-refractivity contribution >= 4 is 11.9 Å². The Kier molecular flexibility index (Phi) is 7.40. The molecule has 0 bridgehead atoms. The molecule has 8 heteroatoms. The highest BCUT2D eigenvalue weighted by Gasteiger charge is 2.26. The van der Waals surface area contributed by atoms with Crippen molar-refractivity contribution in [2.45, 2.75) is 26.7 Å². The van der Waals surface area contributed by atoms with E-state index in [1.807, 2.05) is 6.07 Å². The number of fused-ring (bicyclic) bond motifs is 1. The van der Waals surface area contributed by atoms with Crippen LogP contribution in [0.4, 0.5) is 0 Å². The van der Waals surface area contributed by atoms with Gasteiger partial charge < -0.3 is 28.4 Å². The molecule has 3 aromatic carbocycles. The van der Waals surface area contributed by atoms with Gasteiger partial charge in [-0.05, 0) is 62.7 Å². The van der Waals surface area contributed by atoms with Crippen molar-refractivity contribution in [1.82, 2.24) is 0 Å². The van der Waals surface area contributed by atoms with Crippen LogP contribution in [0.25, 0.3) is 0 Å². The van der Waals surface area contributed by atoms with E-state index in [9.17, 15) is 9.59 Å². The first kappa shape index (κ1) is 23.9. The molecule has 1 aliphatic rings. The van der Waals surface area contributed by atoms with Crippen LogP contribution >= 0.6 is 0 Å². The quantitative estimate of drug-likeness (QED) is 0.354. The van der Waals surface area contributed by atoms with Gasteiger partial charge in [-0.25, -0.2) is 4.79 Å². The molecule has 0 radical (unpaired) electrons. The molecule has 4 rings (SSSR count). The van der Waals surface area contributed by atoms with Crippen molar-refractivity contribution in [2.24, 2.45) is 0 Å². The van der Waals surface area contributed by atoms with Gasteiger partial charge in [0.15, 0.2) is 11.5 Å². The lowest BCUT2D eigenvalue weighted by atomic mass is 10.0. The van der Waals surface area contributed by atoms with Crippen molar-refractivity contribution in [3.63, 3.8) is 0 Å². The molecule has 0 spiro atoms. The average molecular weight is 478 g/mol. The molecule has 1 heterocycles. The predicted octanol–water partition coefficient (Wildman–Crippen LogP) is 5.84. The summed E-state index contributed by atoms with van der Waals surface area (Å²) in [5.41, 5.74) is 1.02. The van der Waals surface area contributed by atoms with E-state index in [2.05, 4.69) is 0 Å². The molecule has 0 amide bonds. The van der Waals surface area contributed by atoms with Crippen molar-refractivity contribution < 1.29 is 38.0 Å². The molecule has 8 nitrogen and oxygen atoms in total. The molecule has 182 valence electrons. The third-order valence-corrected chi connectivity index (χ3v) is 5.28. The van der Waals surface area contributed by atoms with Gasteiger partial charge >= 0.3 is 11.9 Å². The SMILES string of the molecule is CCOC(=O)c1ccccc1Oc1ccc2c(c1Oc1cccc(C(C)C(=O)OCC)c1)OCO2. The summed E-state index contributed by atoms with van der Waals surface area (Å²) >= 11 is 0. The van der Waals surface area contributed by atoms with E-state index in [-0.39, 0.29) is 30.7 Å². The number of hydrogen-bond acceptors (Lipinski definition) is 8. The number of benzene rings is 3. The maximum Gasteiger partial charge on any atom is 0.341 e. The number of para-hydroxylation sites is 1. The molecule has 0 aliphatic carbocycles. The molecule has 1 aliphatic heterocycles. The summed E-state index contributed by atoms with van der Waals surface area (Å²) in [6.45, 7) is 5.86. The van der Waals surface area contributed by atoms with Gasteiger partial charge in [0.05, 0.1) is 19.1 Å². The van der Waals surface area contributed by atoms with Gasteiger partial charge in [0.2, 0.25) is 18.3 Å². The molecular weight excluding hydrogens is 452 g/mol. The summed E-state index contributed by atoms with van der Waals surface area (Å²) in [5.74, 6) is 0.960. The first-order valence-corrected chi connectivity index (χ1v) is 11.3. The van der Waals surface area contributed by atoms with Gasteiger partial charge in [0.25, 0.3) is 0 Å². The highest BCUT2D eigenvalue weighted by atomic mass is 16.7. The van der Waals surface area contributed by atoms with Crippen LogP contribution in [0.3, 0.4) is 0 Å². The van der Waals surface area contributed by atoms with Gasteiger partial charge in [-0.2, -0.15) is 0 Å². The van der Waals surface area contributed by atoms with Crippen LogP contribution in [-0.2, 0) is 14.3 Å². The molecule has 0 fully saturated rings. The third kappa shape index (κ3) is 5.32. The Morgan fingerprint density at radius 1 is 0.886 bits per heavy atom. The summed E-state index contributed by atoms with van der Waals surface area (Å²) in [4.78, 5) is 24.6. The number of ether oxygens (including phenoxy) is 6. The van der Waals surface area contributed by atoms with Gasteiger partial charge in [-0.3, -0.25) is 4.79 Å². The van der Waals surface area contributed by atoms with E-state index in [0.717, 1.165) is 5.56 Å². The highest BCUT2D eigenvalue weighted by Crippen LogP contribution is 2.50. The summed E-state index contributed by atoms with van der Waals surface area (Å²) in [6, 6.07) is 17.3. The van der Waals surface area contributed by atoms with E-state index >= 15 is 0 Å². The number of carbonyl (C=O) groups excluding carboxylic acids is 2. The zero-order valence-electron chi connectivity index (χ0n) is 19.7. The van der Waals surface area contributed by atoms with Crippen LogP contribution in [0, 0.1) is 0 Å². The van der Waals surface area contributed by atoms with Crippen LogP contribution in [-0.4, -0.2) is 31.9 Å². The summed E-state index contributed by atoms with van der Waals surface area (Å²) in [7, 11) is 0. The van der Waals surface area contributed by atoms with E-state index in [1.54, 1.807) is 75.4 Å². The van der Waals surface area contributed by atoms with Crippen LogP contribution in [0.15, 0.2) is 60.7 Å². The zero-order chi connectivity index (χ0) is 24.8. The molecular formula is C27H26O8. The van der Waals surface area contributed by atoms with Crippen LogP contribution in [0.2, 0.25) is 0 Å². The first-order chi connectivity index (χ1) is 17.0. The van der Waals surface area contributed by atoms with Crippen molar-refractivity contribution in [2.75, 3.05) is 20.0 Å². The van der Waals surface area contributed by atoms with E-state index in [1.165, 1.54) is 0 Å². The van der Waals surface area contributed by atoms with Gasteiger partial charge in [0, 0.05) is 0 Å². The monoisotopic (exact) mass is 478 g/mol. The molecule has 0 aromatic heterocycles. The Bertz CT molecular complexity index is 1220. The Hall–Kier alpha value is -4.20. The van der Waals surface area contributed by atoms with Crippen LogP contribution in [0.5, 0.6) is 34.5 Å². The Balaban J connectivity index is 1.68.